The summed E-state index contributed by atoms with van der Waals surface area (Å²) in [5, 5.41) is 9.40. The minimum absolute atomic E-state index is 0.186. The van der Waals surface area contributed by atoms with Gasteiger partial charge in [-0.3, -0.25) is 0 Å². The molecule has 0 saturated heterocycles. The molecular formula is C27H20N2O3. The highest BCUT2D eigenvalue weighted by molar-refractivity contribution is 6.01. The van der Waals surface area contributed by atoms with Crippen LogP contribution in [0.1, 0.15) is 15.9 Å². The van der Waals surface area contributed by atoms with Crippen molar-refractivity contribution in [2.45, 2.75) is 6.61 Å². The molecule has 0 fully saturated rings. The fourth-order valence-corrected chi connectivity index (χ4v) is 3.72. The summed E-state index contributed by atoms with van der Waals surface area (Å²) < 4.78 is 6.09. The molecule has 1 aromatic heterocycles. The number of aromatic carboxylic acids is 1. The standard InChI is InChI=1S/C27H20N2O3/c30-27(31)22-10-6-11-23-25(22)29-26(28-23)20-15-13-19(14-16-20)21-9-4-5-12-24(21)32-17-18-7-2-1-3-8-18/h1-16H,17H2,(H,28,29)(H,30,31). The molecule has 5 heteroatoms. The molecule has 0 radical (unpaired) electrons. The third-order valence-electron chi connectivity index (χ3n) is 5.34. The molecule has 0 aliphatic rings. The molecule has 32 heavy (non-hydrogen) atoms. The van der Waals surface area contributed by atoms with Crippen LogP contribution in [0, 0.1) is 0 Å². The number of ether oxygens (including phenoxy) is 1. The lowest BCUT2D eigenvalue weighted by molar-refractivity contribution is 0.0699. The molecule has 0 spiro atoms. The van der Waals surface area contributed by atoms with Gasteiger partial charge in [0.15, 0.2) is 0 Å². The van der Waals surface area contributed by atoms with Gasteiger partial charge in [-0.05, 0) is 29.3 Å². The Bertz CT molecular complexity index is 1390. The van der Waals surface area contributed by atoms with Crippen molar-refractivity contribution in [2.75, 3.05) is 0 Å². The van der Waals surface area contributed by atoms with Gasteiger partial charge in [-0.2, -0.15) is 0 Å². The molecule has 0 saturated carbocycles. The van der Waals surface area contributed by atoms with Crippen LogP contribution >= 0.6 is 0 Å². The number of benzene rings is 4. The summed E-state index contributed by atoms with van der Waals surface area (Å²) >= 11 is 0. The van der Waals surface area contributed by atoms with E-state index >= 15 is 0 Å². The molecule has 0 amide bonds. The van der Waals surface area contributed by atoms with Gasteiger partial charge in [0.05, 0.1) is 11.1 Å². The number of H-pyrrole nitrogens is 1. The van der Waals surface area contributed by atoms with E-state index in [0.29, 0.717) is 23.5 Å². The molecule has 5 rings (SSSR count). The van der Waals surface area contributed by atoms with Crippen molar-refractivity contribution < 1.29 is 14.6 Å². The number of fused-ring (bicyclic) bond motifs is 1. The van der Waals surface area contributed by atoms with E-state index in [1.54, 1.807) is 12.1 Å². The fraction of sp³-hybridized carbons (Fsp3) is 0.0370. The molecule has 0 bridgehead atoms. The first-order valence-corrected chi connectivity index (χ1v) is 10.3. The van der Waals surface area contributed by atoms with Gasteiger partial charge in [-0.1, -0.05) is 78.9 Å². The number of rotatable bonds is 6. The van der Waals surface area contributed by atoms with Crippen LogP contribution in [0.2, 0.25) is 0 Å². The van der Waals surface area contributed by atoms with E-state index in [9.17, 15) is 9.90 Å². The maximum atomic E-state index is 11.5. The molecule has 0 unspecified atom stereocenters. The van der Waals surface area contributed by atoms with Crippen molar-refractivity contribution in [1.29, 1.82) is 0 Å². The Morgan fingerprint density at radius 1 is 0.812 bits per heavy atom. The number of aromatic amines is 1. The number of imidazole rings is 1. The predicted molar refractivity (Wildman–Crippen MR) is 125 cm³/mol. The summed E-state index contributed by atoms with van der Waals surface area (Å²) in [5.74, 6) is 0.462. The number of carbonyl (C=O) groups is 1. The van der Waals surface area contributed by atoms with Gasteiger partial charge in [0, 0.05) is 11.1 Å². The summed E-state index contributed by atoms with van der Waals surface area (Å²) in [5.41, 5.74) is 5.37. The Labute approximate surface area is 185 Å². The molecule has 4 aromatic carbocycles. The van der Waals surface area contributed by atoms with Crippen LogP contribution in [0.5, 0.6) is 5.75 Å². The second-order valence-corrected chi connectivity index (χ2v) is 7.44. The van der Waals surface area contributed by atoms with Gasteiger partial charge in [0.1, 0.15) is 23.7 Å². The largest absolute Gasteiger partial charge is 0.488 e. The van der Waals surface area contributed by atoms with Gasteiger partial charge >= 0.3 is 5.97 Å². The van der Waals surface area contributed by atoms with Gasteiger partial charge in [0.2, 0.25) is 0 Å². The Hall–Kier alpha value is -4.38. The molecule has 2 N–H and O–H groups in total. The van der Waals surface area contributed by atoms with E-state index in [1.165, 1.54) is 0 Å². The van der Waals surface area contributed by atoms with Crippen LogP contribution in [0.25, 0.3) is 33.5 Å². The van der Waals surface area contributed by atoms with E-state index in [1.807, 2.05) is 84.9 Å². The summed E-state index contributed by atoms with van der Waals surface area (Å²) in [4.78, 5) is 19.2. The Balaban J connectivity index is 1.43. The minimum atomic E-state index is -0.990. The van der Waals surface area contributed by atoms with Crippen molar-refractivity contribution in [1.82, 2.24) is 9.97 Å². The van der Waals surface area contributed by atoms with Crippen LogP contribution in [-0.4, -0.2) is 21.0 Å². The Morgan fingerprint density at radius 3 is 2.31 bits per heavy atom. The highest BCUT2D eigenvalue weighted by atomic mass is 16.5. The summed E-state index contributed by atoms with van der Waals surface area (Å²) in [7, 11) is 0. The van der Waals surface area contributed by atoms with E-state index in [-0.39, 0.29) is 5.56 Å². The topological polar surface area (TPSA) is 75.2 Å². The van der Waals surface area contributed by atoms with Crippen molar-refractivity contribution >= 4 is 17.0 Å². The Morgan fingerprint density at radius 2 is 1.53 bits per heavy atom. The second-order valence-electron chi connectivity index (χ2n) is 7.44. The highest BCUT2D eigenvalue weighted by Crippen LogP contribution is 2.32. The Kier molecular flexibility index (Phi) is 5.14. The third kappa shape index (κ3) is 3.84. The van der Waals surface area contributed by atoms with Crippen molar-refractivity contribution in [3.63, 3.8) is 0 Å². The van der Waals surface area contributed by atoms with Gasteiger partial charge in [0.25, 0.3) is 0 Å². The number of carboxylic acids is 1. The number of nitrogens with one attached hydrogen (secondary N) is 1. The number of hydrogen-bond acceptors (Lipinski definition) is 3. The number of para-hydroxylation sites is 2. The van der Waals surface area contributed by atoms with Crippen LogP contribution in [-0.2, 0) is 6.61 Å². The molecule has 1 heterocycles. The lowest BCUT2D eigenvalue weighted by Gasteiger charge is -2.12. The minimum Gasteiger partial charge on any atom is -0.488 e. The second kappa shape index (κ2) is 8.40. The smallest absolute Gasteiger partial charge is 0.337 e. The molecule has 0 aliphatic heterocycles. The average molecular weight is 420 g/mol. The number of carboxylic acid groups (broad SMARTS) is 1. The quantitative estimate of drug-likeness (QED) is 0.344. The number of hydrogen-bond donors (Lipinski definition) is 2. The van der Waals surface area contributed by atoms with Gasteiger partial charge < -0.3 is 14.8 Å². The molecule has 156 valence electrons. The molecule has 5 nitrogen and oxygen atoms in total. The zero-order valence-electron chi connectivity index (χ0n) is 17.2. The first kappa shape index (κ1) is 19.6. The monoisotopic (exact) mass is 420 g/mol. The predicted octanol–water partition coefficient (Wildman–Crippen LogP) is 6.17. The van der Waals surface area contributed by atoms with E-state index < -0.39 is 5.97 Å². The molecular weight excluding hydrogens is 400 g/mol. The van der Waals surface area contributed by atoms with Gasteiger partial charge in [-0.25, -0.2) is 9.78 Å². The van der Waals surface area contributed by atoms with E-state index in [0.717, 1.165) is 28.0 Å². The zero-order valence-corrected chi connectivity index (χ0v) is 17.2. The van der Waals surface area contributed by atoms with Crippen molar-refractivity contribution in [3.8, 4) is 28.3 Å². The highest BCUT2D eigenvalue weighted by Gasteiger charge is 2.14. The van der Waals surface area contributed by atoms with Crippen LogP contribution < -0.4 is 4.74 Å². The lowest BCUT2D eigenvalue weighted by atomic mass is 10.0. The van der Waals surface area contributed by atoms with E-state index in [4.69, 9.17) is 4.74 Å². The normalized spacial score (nSPS) is 10.9. The zero-order chi connectivity index (χ0) is 21.9. The SMILES string of the molecule is O=C(O)c1cccc2[nH]c(-c3ccc(-c4ccccc4OCc4ccccc4)cc3)nc12. The maximum absolute atomic E-state index is 11.5. The van der Waals surface area contributed by atoms with Crippen LogP contribution in [0.15, 0.2) is 97.1 Å². The van der Waals surface area contributed by atoms with Crippen molar-refractivity contribution in [2.24, 2.45) is 0 Å². The van der Waals surface area contributed by atoms with Crippen LogP contribution in [0.4, 0.5) is 0 Å². The maximum Gasteiger partial charge on any atom is 0.337 e. The summed E-state index contributed by atoms with van der Waals surface area (Å²) in [6.45, 7) is 0.501. The number of aromatic nitrogens is 2. The fourth-order valence-electron chi connectivity index (χ4n) is 3.72. The van der Waals surface area contributed by atoms with E-state index in [2.05, 4.69) is 9.97 Å². The summed E-state index contributed by atoms with van der Waals surface area (Å²) in [6.07, 6.45) is 0. The third-order valence-corrected chi connectivity index (χ3v) is 5.34. The van der Waals surface area contributed by atoms with Gasteiger partial charge in [-0.15, -0.1) is 0 Å². The molecule has 5 aromatic rings. The summed E-state index contributed by atoms with van der Waals surface area (Å²) in [6, 6.07) is 31.1. The molecule has 0 atom stereocenters. The van der Waals surface area contributed by atoms with Crippen molar-refractivity contribution in [3.05, 3.63) is 108 Å². The van der Waals surface area contributed by atoms with Crippen LogP contribution in [0.3, 0.4) is 0 Å². The molecule has 0 aliphatic carbocycles. The first-order valence-electron chi connectivity index (χ1n) is 10.3. The average Bonchev–Trinajstić information content (AvgIpc) is 3.28. The first-order chi connectivity index (χ1) is 15.7. The number of nitrogens with zero attached hydrogens (tertiary/aromatic N) is 1. The lowest BCUT2D eigenvalue weighted by Crippen LogP contribution is -1.96.